The molecule has 0 atom stereocenters. The summed E-state index contributed by atoms with van der Waals surface area (Å²) < 4.78 is 6.21. The molecule has 32 heavy (non-hydrogen) atoms. The van der Waals surface area contributed by atoms with Gasteiger partial charge in [0.2, 0.25) is 0 Å². The van der Waals surface area contributed by atoms with Crippen molar-refractivity contribution in [1.82, 2.24) is 0 Å². The number of phenolic OH excluding ortho intramolecular Hbond substituents is 1. The molecule has 0 saturated heterocycles. The lowest BCUT2D eigenvalue weighted by molar-refractivity contribution is -0.00000789. The Balaban J connectivity index is 0.00000512. The number of hydrogen-bond acceptors (Lipinski definition) is 2. The zero-order chi connectivity index (χ0) is 22.3. The molecule has 0 amide bonds. The van der Waals surface area contributed by atoms with Crippen LogP contribution in [0.5, 0.6) is 11.5 Å². The molecular weight excluding hydrogens is 460 g/mol. The quantitative estimate of drug-likeness (QED) is 0.246. The highest BCUT2D eigenvalue weighted by Gasteiger charge is 2.10. The van der Waals surface area contributed by atoms with Gasteiger partial charge in [-0.15, -0.1) is 13.2 Å². The van der Waals surface area contributed by atoms with Crippen LogP contribution in [-0.2, 0) is 12.8 Å². The topological polar surface area (TPSA) is 29.5 Å². The Morgan fingerprint density at radius 3 is 2.12 bits per heavy atom. The van der Waals surface area contributed by atoms with Crippen molar-refractivity contribution in [3.05, 3.63) is 72.8 Å². The van der Waals surface area contributed by atoms with Crippen LogP contribution in [0.25, 0.3) is 11.1 Å². The fourth-order valence-corrected chi connectivity index (χ4v) is 3.89. The lowest BCUT2D eigenvalue weighted by Crippen LogP contribution is -3.00. The molecule has 1 N–H and O–H groups in total. The molecule has 2 aromatic rings. The predicted molar refractivity (Wildman–Crippen MR) is 134 cm³/mol. The smallest absolute Gasteiger partial charge is 0.127 e. The zero-order valence-electron chi connectivity index (χ0n) is 19.8. The van der Waals surface area contributed by atoms with E-state index in [-0.39, 0.29) is 17.0 Å². The molecule has 3 heteroatoms. The third kappa shape index (κ3) is 9.65. The highest BCUT2D eigenvalue weighted by Crippen LogP contribution is 2.34. The number of rotatable bonds is 16. The van der Waals surface area contributed by atoms with Crippen LogP contribution in [0.2, 0.25) is 0 Å². The number of benzene rings is 2. The van der Waals surface area contributed by atoms with Crippen LogP contribution < -0.4 is 21.7 Å². The summed E-state index contributed by atoms with van der Waals surface area (Å²) in [4.78, 5) is 0. The molecule has 0 aliphatic rings. The maximum atomic E-state index is 10.1. The van der Waals surface area contributed by atoms with Gasteiger partial charge in [-0.2, -0.15) is 0 Å². The minimum atomic E-state index is 0. The lowest BCUT2D eigenvalue weighted by Gasteiger charge is -2.15. The monoisotopic (exact) mass is 499 g/mol. The Bertz CT molecular complexity index is 813. The van der Waals surface area contributed by atoms with Crippen LogP contribution in [-0.4, -0.2) is 11.7 Å². The van der Waals surface area contributed by atoms with Crippen molar-refractivity contribution in [1.29, 1.82) is 0 Å². The molecule has 176 valence electrons. The van der Waals surface area contributed by atoms with Crippen LogP contribution in [0, 0.1) is 0 Å². The van der Waals surface area contributed by atoms with Crippen LogP contribution >= 0.6 is 0 Å². The van der Waals surface area contributed by atoms with E-state index in [9.17, 15) is 5.11 Å². The highest BCUT2D eigenvalue weighted by molar-refractivity contribution is 5.72. The van der Waals surface area contributed by atoms with E-state index in [0.717, 1.165) is 41.9 Å². The van der Waals surface area contributed by atoms with E-state index in [1.807, 2.05) is 24.3 Å². The number of aromatic hydroxyl groups is 1. The standard InChI is InChI=1S/C29H40O2.BrH/c1-4-7-8-9-10-11-12-13-14-21-31-29-20-17-24(15-5-2)22-27(29)25-18-19-28(30)26(23-25)16-6-3;/h5-6,17-20,22-23,30H,2-4,7-16,21H2,1H3;1H/p-1. The number of allylic oxidation sites excluding steroid dienone is 2. The van der Waals surface area contributed by atoms with Crippen molar-refractivity contribution in [2.24, 2.45) is 0 Å². The second-order valence-corrected chi connectivity index (χ2v) is 8.34. The SMILES string of the molecule is C=CCc1ccc(OCCCCCCCCCCC)c(-c2ccc(O)c(CC=C)c2)c1.[Br-]. The number of hydrogen-bond donors (Lipinski definition) is 1. The predicted octanol–water partition coefficient (Wildman–Crippen LogP) is 5.43. The van der Waals surface area contributed by atoms with Gasteiger partial charge in [-0.25, -0.2) is 0 Å². The molecule has 2 aromatic carbocycles. The molecule has 2 rings (SSSR count). The van der Waals surface area contributed by atoms with Gasteiger partial charge in [0.15, 0.2) is 0 Å². The molecule has 0 spiro atoms. The summed E-state index contributed by atoms with van der Waals surface area (Å²) in [6.45, 7) is 10.7. The van der Waals surface area contributed by atoms with Crippen molar-refractivity contribution in [3.63, 3.8) is 0 Å². The summed E-state index contributed by atoms with van der Waals surface area (Å²) in [7, 11) is 0. The van der Waals surface area contributed by atoms with E-state index in [0.29, 0.717) is 12.2 Å². The van der Waals surface area contributed by atoms with E-state index >= 15 is 0 Å². The average molecular weight is 501 g/mol. The summed E-state index contributed by atoms with van der Waals surface area (Å²) in [6.07, 6.45) is 16.9. The summed E-state index contributed by atoms with van der Waals surface area (Å²) in [6, 6.07) is 12.1. The maximum Gasteiger partial charge on any atom is 0.127 e. The normalized spacial score (nSPS) is 10.4. The van der Waals surface area contributed by atoms with Gasteiger partial charge in [-0.1, -0.05) is 82.6 Å². The Morgan fingerprint density at radius 2 is 1.47 bits per heavy atom. The molecule has 0 fully saturated rings. The molecule has 0 aliphatic heterocycles. The first-order valence-electron chi connectivity index (χ1n) is 12.0. The highest BCUT2D eigenvalue weighted by atomic mass is 79.9. The average Bonchev–Trinajstić information content (AvgIpc) is 2.77. The van der Waals surface area contributed by atoms with E-state index in [1.165, 1.54) is 56.9 Å². The van der Waals surface area contributed by atoms with Crippen LogP contribution in [0.15, 0.2) is 61.7 Å². The van der Waals surface area contributed by atoms with Gasteiger partial charge in [-0.05, 0) is 60.2 Å². The Labute approximate surface area is 206 Å². The lowest BCUT2D eigenvalue weighted by atomic mass is 9.97. The summed E-state index contributed by atoms with van der Waals surface area (Å²) >= 11 is 0. The number of ether oxygens (including phenoxy) is 1. The maximum absolute atomic E-state index is 10.1. The summed E-state index contributed by atoms with van der Waals surface area (Å²) in [5.74, 6) is 1.21. The molecule has 0 heterocycles. The zero-order valence-corrected chi connectivity index (χ0v) is 21.3. The van der Waals surface area contributed by atoms with Crippen LogP contribution in [0.1, 0.15) is 75.8 Å². The molecule has 0 saturated carbocycles. The molecule has 0 aliphatic carbocycles. The summed E-state index contributed by atoms with van der Waals surface area (Å²) in [5, 5.41) is 10.1. The van der Waals surface area contributed by atoms with Crippen molar-refractivity contribution >= 4 is 0 Å². The Morgan fingerprint density at radius 1 is 0.812 bits per heavy atom. The van der Waals surface area contributed by atoms with Gasteiger partial charge in [-0.3, -0.25) is 0 Å². The Hall–Kier alpha value is -2.00. The van der Waals surface area contributed by atoms with Crippen molar-refractivity contribution < 1.29 is 26.8 Å². The van der Waals surface area contributed by atoms with Gasteiger partial charge in [0.25, 0.3) is 0 Å². The van der Waals surface area contributed by atoms with Gasteiger partial charge in [0.1, 0.15) is 11.5 Å². The minimum Gasteiger partial charge on any atom is -1.00 e. The first-order chi connectivity index (χ1) is 15.2. The summed E-state index contributed by atoms with van der Waals surface area (Å²) in [5.41, 5.74) is 4.22. The molecule has 0 bridgehead atoms. The van der Waals surface area contributed by atoms with Gasteiger partial charge >= 0.3 is 0 Å². The second-order valence-electron chi connectivity index (χ2n) is 8.34. The Kier molecular flexibility index (Phi) is 14.5. The molecular formula is C29H40BrO2-. The third-order valence-electron chi connectivity index (χ3n) is 5.68. The molecule has 0 radical (unpaired) electrons. The van der Waals surface area contributed by atoms with Gasteiger partial charge in [0, 0.05) is 5.56 Å². The first kappa shape index (κ1) is 28.0. The third-order valence-corrected chi connectivity index (χ3v) is 5.68. The van der Waals surface area contributed by atoms with Gasteiger partial charge < -0.3 is 26.8 Å². The van der Waals surface area contributed by atoms with Crippen molar-refractivity contribution in [2.75, 3.05) is 6.61 Å². The van der Waals surface area contributed by atoms with E-state index < -0.39 is 0 Å². The number of halogens is 1. The van der Waals surface area contributed by atoms with Crippen LogP contribution in [0.4, 0.5) is 0 Å². The van der Waals surface area contributed by atoms with Crippen molar-refractivity contribution in [3.8, 4) is 22.6 Å². The van der Waals surface area contributed by atoms with E-state index in [2.05, 4.69) is 38.3 Å². The molecule has 0 unspecified atom stereocenters. The van der Waals surface area contributed by atoms with Crippen molar-refractivity contribution in [2.45, 2.75) is 77.6 Å². The first-order valence-corrected chi connectivity index (χ1v) is 12.0. The molecule has 0 aromatic heterocycles. The van der Waals surface area contributed by atoms with Crippen LogP contribution in [0.3, 0.4) is 0 Å². The fraction of sp³-hybridized carbons (Fsp3) is 0.448. The fourth-order valence-electron chi connectivity index (χ4n) is 3.89. The minimum absolute atomic E-state index is 0. The number of phenols is 1. The van der Waals surface area contributed by atoms with E-state index in [1.54, 1.807) is 6.07 Å². The number of unbranched alkanes of at least 4 members (excludes halogenated alkanes) is 8. The van der Waals surface area contributed by atoms with E-state index in [4.69, 9.17) is 4.74 Å². The largest absolute Gasteiger partial charge is 1.00 e. The van der Waals surface area contributed by atoms with Gasteiger partial charge in [0.05, 0.1) is 6.61 Å². The second kappa shape index (κ2) is 16.6. The molecule has 2 nitrogen and oxygen atoms in total.